The van der Waals surface area contributed by atoms with Crippen molar-refractivity contribution in [3.05, 3.63) is 53.1 Å². The van der Waals surface area contributed by atoms with E-state index in [1.54, 1.807) is 36.9 Å². The summed E-state index contributed by atoms with van der Waals surface area (Å²) in [5.74, 6) is 1.34. The summed E-state index contributed by atoms with van der Waals surface area (Å²) in [6.45, 7) is 6.35. The van der Waals surface area contributed by atoms with E-state index in [1.807, 2.05) is 31.2 Å². The minimum absolute atomic E-state index is 0.106. The Bertz CT molecular complexity index is 773. The molecule has 1 aliphatic heterocycles. The molecule has 2 aromatic carbocycles. The van der Waals surface area contributed by atoms with Crippen LogP contribution >= 0.6 is 11.6 Å². The van der Waals surface area contributed by atoms with Gasteiger partial charge in [0.1, 0.15) is 18.1 Å². The summed E-state index contributed by atoms with van der Waals surface area (Å²) >= 11 is 6.08. The fraction of sp³-hybridized carbons (Fsp3) is 0.316. The van der Waals surface area contributed by atoms with E-state index in [1.165, 1.54) is 0 Å². The van der Waals surface area contributed by atoms with Gasteiger partial charge in [-0.3, -0.25) is 4.79 Å². The van der Waals surface area contributed by atoms with Crippen molar-refractivity contribution in [1.82, 2.24) is 0 Å². The first-order chi connectivity index (χ1) is 11.4. The Morgan fingerprint density at radius 1 is 1.21 bits per heavy atom. The van der Waals surface area contributed by atoms with Gasteiger partial charge in [0.05, 0.1) is 12.2 Å². The number of halogens is 1. The highest BCUT2D eigenvalue weighted by Crippen LogP contribution is 2.39. The van der Waals surface area contributed by atoms with Gasteiger partial charge in [-0.05, 0) is 56.7 Å². The number of nitrogens with zero attached hydrogens (tertiary/aromatic N) is 1. The summed E-state index contributed by atoms with van der Waals surface area (Å²) in [6, 6.07) is 13.1. The fourth-order valence-electron chi connectivity index (χ4n) is 2.72. The molecule has 5 heteroatoms. The Balaban J connectivity index is 1.78. The summed E-state index contributed by atoms with van der Waals surface area (Å²) in [5.41, 5.74) is 0.900. The molecule has 0 unspecified atom stereocenters. The number of carbonyl (C=O) groups is 1. The van der Waals surface area contributed by atoms with E-state index in [0.717, 1.165) is 11.3 Å². The van der Waals surface area contributed by atoms with Crippen molar-refractivity contribution in [2.45, 2.75) is 26.4 Å². The number of amides is 1. The molecule has 4 nitrogen and oxygen atoms in total. The minimum atomic E-state index is -0.913. The lowest BCUT2D eigenvalue weighted by Crippen LogP contribution is -2.53. The molecule has 0 spiro atoms. The molecule has 0 N–H and O–H groups in total. The molecule has 0 atom stereocenters. The number of benzene rings is 2. The Labute approximate surface area is 146 Å². The molecule has 126 valence electrons. The largest absolute Gasteiger partial charge is 0.492 e. The zero-order valence-electron chi connectivity index (χ0n) is 14.0. The Kier molecular flexibility index (Phi) is 4.41. The molecule has 0 bridgehead atoms. The molecule has 2 aromatic rings. The van der Waals surface area contributed by atoms with Gasteiger partial charge in [0.15, 0.2) is 5.60 Å². The van der Waals surface area contributed by atoms with Crippen molar-refractivity contribution in [3.8, 4) is 11.5 Å². The number of aryl methyl sites for hydroxylation is 1. The van der Waals surface area contributed by atoms with Crippen LogP contribution in [0.2, 0.25) is 5.02 Å². The highest BCUT2D eigenvalue weighted by molar-refractivity contribution is 6.31. The Hall–Kier alpha value is -2.20. The fourth-order valence-corrected chi connectivity index (χ4v) is 2.89. The first-order valence-corrected chi connectivity index (χ1v) is 8.24. The minimum Gasteiger partial charge on any atom is -0.492 e. The first kappa shape index (κ1) is 16.7. The quantitative estimate of drug-likeness (QED) is 0.832. The van der Waals surface area contributed by atoms with Gasteiger partial charge in [0, 0.05) is 5.02 Å². The Morgan fingerprint density at radius 3 is 2.75 bits per heavy atom. The summed E-state index contributed by atoms with van der Waals surface area (Å²) in [4.78, 5) is 14.4. The van der Waals surface area contributed by atoms with Crippen LogP contribution in [0.5, 0.6) is 11.5 Å². The SMILES string of the molecule is Cc1cccc(OCCN2C(=O)C(C)(C)Oc3ccc(Cl)cc32)c1. The van der Waals surface area contributed by atoms with Crippen molar-refractivity contribution < 1.29 is 14.3 Å². The van der Waals surface area contributed by atoms with Gasteiger partial charge < -0.3 is 14.4 Å². The molecule has 0 radical (unpaired) electrons. The molecule has 1 heterocycles. The Morgan fingerprint density at radius 2 is 2.00 bits per heavy atom. The molecule has 0 fully saturated rings. The van der Waals surface area contributed by atoms with Crippen LogP contribution in [0.4, 0.5) is 5.69 Å². The number of rotatable bonds is 4. The van der Waals surface area contributed by atoms with Gasteiger partial charge in [0.2, 0.25) is 0 Å². The standard InChI is InChI=1S/C19H20ClNO3/c1-13-5-4-6-15(11-13)23-10-9-21-16-12-14(20)7-8-17(16)24-19(2,3)18(21)22/h4-8,11-12H,9-10H2,1-3H3. The van der Waals surface area contributed by atoms with Crippen molar-refractivity contribution in [1.29, 1.82) is 0 Å². The number of hydrogen-bond acceptors (Lipinski definition) is 3. The lowest BCUT2D eigenvalue weighted by atomic mass is 10.0. The van der Waals surface area contributed by atoms with E-state index in [0.29, 0.717) is 29.6 Å². The van der Waals surface area contributed by atoms with Crippen LogP contribution in [0.25, 0.3) is 0 Å². The second-order valence-electron chi connectivity index (χ2n) is 6.35. The normalized spacial score (nSPS) is 15.7. The smallest absolute Gasteiger partial charge is 0.270 e. The number of hydrogen-bond donors (Lipinski definition) is 0. The van der Waals surface area contributed by atoms with E-state index in [-0.39, 0.29) is 5.91 Å². The van der Waals surface area contributed by atoms with Crippen molar-refractivity contribution in [3.63, 3.8) is 0 Å². The van der Waals surface area contributed by atoms with E-state index in [9.17, 15) is 4.79 Å². The van der Waals surface area contributed by atoms with E-state index < -0.39 is 5.60 Å². The second kappa shape index (κ2) is 6.36. The third-order valence-electron chi connectivity index (χ3n) is 3.91. The predicted molar refractivity (Wildman–Crippen MR) is 95.2 cm³/mol. The lowest BCUT2D eigenvalue weighted by Gasteiger charge is -2.38. The van der Waals surface area contributed by atoms with E-state index >= 15 is 0 Å². The second-order valence-corrected chi connectivity index (χ2v) is 6.78. The molecule has 1 amide bonds. The molecule has 0 saturated carbocycles. The number of ether oxygens (including phenoxy) is 2. The molecular formula is C19H20ClNO3. The summed E-state index contributed by atoms with van der Waals surface area (Å²) in [5, 5.41) is 0.564. The highest BCUT2D eigenvalue weighted by Gasteiger charge is 2.40. The van der Waals surface area contributed by atoms with Gasteiger partial charge in [-0.25, -0.2) is 0 Å². The van der Waals surface area contributed by atoms with Crippen LogP contribution in [0.1, 0.15) is 19.4 Å². The zero-order chi connectivity index (χ0) is 17.3. The van der Waals surface area contributed by atoms with Gasteiger partial charge in [-0.2, -0.15) is 0 Å². The maximum atomic E-state index is 12.7. The molecule has 0 aromatic heterocycles. The summed E-state index contributed by atoms with van der Waals surface area (Å²) < 4.78 is 11.6. The first-order valence-electron chi connectivity index (χ1n) is 7.87. The van der Waals surface area contributed by atoms with Crippen LogP contribution in [0, 0.1) is 6.92 Å². The molecule has 3 rings (SSSR count). The van der Waals surface area contributed by atoms with Gasteiger partial charge >= 0.3 is 0 Å². The average molecular weight is 346 g/mol. The maximum Gasteiger partial charge on any atom is 0.270 e. The van der Waals surface area contributed by atoms with Crippen LogP contribution in [0.3, 0.4) is 0 Å². The third-order valence-corrected chi connectivity index (χ3v) is 4.15. The number of anilines is 1. The zero-order valence-corrected chi connectivity index (χ0v) is 14.8. The monoisotopic (exact) mass is 345 g/mol. The topological polar surface area (TPSA) is 38.8 Å². The highest BCUT2D eigenvalue weighted by atomic mass is 35.5. The molecule has 1 aliphatic rings. The molecular weight excluding hydrogens is 326 g/mol. The van der Waals surface area contributed by atoms with Gasteiger partial charge in [-0.15, -0.1) is 0 Å². The van der Waals surface area contributed by atoms with Crippen LogP contribution in [0.15, 0.2) is 42.5 Å². The number of carbonyl (C=O) groups excluding carboxylic acids is 1. The van der Waals surface area contributed by atoms with E-state index in [2.05, 4.69) is 0 Å². The van der Waals surface area contributed by atoms with Crippen LogP contribution in [-0.2, 0) is 4.79 Å². The summed E-state index contributed by atoms with van der Waals surface area (Å²) in [6.07, 6.45) is 0. The maximum absolute atomic E-state index is 12.7. The average Bonchev–Trinajstić information content (AvgIpc) is 2.52. The van der Waals surface area contributed by atoms with Crippen molar-refractivity contribution in [2.75, 3.05) is 18.1 Å². The summed E-state index contributed by atoms with van der Waals surface area (Å²) in [7, 11) is 0. The van der Waals surface area contributed by atoms with Crippen LogP contribution < -0.4 is 14.4 Å². The predicted octanol–water partition coefficient (Wildman–Crippen LogP) is 4.23. The van der Waals surface area contributed by atoms with Gasteiger partial charge in [-0.1, -0.05) is 23.7 Å². The molecule has 24 heavy (non-hydrogen) atoms. The third kappa shape index (κ3) is 3.34. The van der Waals surface area contributed by atoms with Crippen molar-refractivity contribution in [2.24, 2.45) is 0 Å². The molecule has 0 saturated heterocycles. The van der Waals surface area contributed by atoms with Gasteiger partial charge in [0.25, 0.3) is 5.91 Å². The molecule has 0 aliphatic carbocycles. The lowest BCUT2D eigenvalue weighted by molar-refractivity contribution is -0.132. The number of fused-ring (bicyclic) bond motifs is 1. The van der Waals surface area contributed by atoms with E-state index in [4.69, 9.17) is 21.1 Å². The van der Waals surface area contributed by atoms with Crippen LogP contribution in [-0.4, -0.2) is 24.7 Å². The van der Waals surface area contributed by atoms with Crippen molar-refractivity contribution >= 4 is 23.2 Å².